The maximum atomic E-state index is 13.6. The lowest BCUT2D eigenvalue weighted by atomic mass is 9.95. The van der Waals surface area contributed by atoms with E-state index >= 15 is 0 Å². The van der Waals surface area contributed by atoms with E-state index in [2.05, 4.69) is 6.92 Å². The van der Waals surface area contributed by atoms with Crippen LogP contribution in [0.15, 0.2) is 48.5 Å². The van der Waals surface area contributed by atoms with E-state index in [4.69, 9.17) is 10.5 Å². The third-order valence-corrected chi connectivity index (χ3v) is 7.94. The van der Waals surface area contributed by atoms with E-state index in [-0.39, 0.29) is 18.6 Å². The number of ether oxygens (including phenoxy) is 1. The van der Waals surface area contributed by atoms with Gasteiger partial charge in [-0.05, 0) is 68.4 Å². The van der Waals surface area contributed by atoms with Crippen LogP contribution in [0.5, 0.6) is 0 Å². The molecule has 0 spiro atoms. The molecule has 204 valence electrons. The van der Waals surface area contributed by atoms with Crippen LogP contribution in [0.3, 0.4) is 0 Å². The Bertz CT molecular complexity index is 1140. The summed E-state index contributed by atoms with van der Waals surface area (Å²) in [5.74, 6) is -0.0447. The molecule has 2 aromatic rings. The normalized spacial score (nSPS) is 17.5. The summed E-state index contributed by atoms with van der Waals surface area (Å²) in [5, 5.41) is 0. The Morgan fingerprint density at radius 3 is 2.51 bits per heavy atom. The summed E-state index contributed by atoms with van der Waals surface area (Å²) in [7, 11) is -3.51. The van der Waals surface area contributed by atoms with Crippen LogP contribution < -0.4 is 10.0 Å². The molecule has 37 heavy (non-hydrogen) atoms. The third-order valence-electron chi connectivity index (χ3n) is 6.75. The molecule has 7 nitrogen and oxygen atoms in total. The van der Waals surface area contributed by atoms with Gasteiger partial charge in [-0.25, -0.2) is 8.42 Å². The number of rotatable bonds is 13. The summed E-state index contributed by atoms with van der Waals surface area (Å²) >= 11 is 0. The molecule has 1 amide bonds. The van der Waals surface area contributed by atoms with Gasteiger partial charge in [0.2, 0.25) is 10.0 Å². The smallest absolute Gasteiger partial charge is 0.254 e. The number of carbonyl (C=O) groups is 1. The molecule has 0 saturated carbocycles. The van der Waals surface area contributed by atoms with E-state index < -0.39 is 15.6 Å². The number of benzene rings is 2. The Balaban J connectivity index is 1.84. The first-order chi connectivity index (χ1) is 17.5. The first kappa shape index (κ1) is 29.1. The number of sulfonamides is 1. The van der Waals surface area contributed by atoms with Crippen LogP contribution in [0.1, 0.15) is 74.4 Å². The summed E-state index contributed by atoms with van der Waals surface area (Å²) < 4.78 is 32.6. The monoisotopic (exact) mass is 529 g/mol. The molecular formula is C29H43N3O4S. The fourth-order valence-electron chi connectivity index (χ4n) is 5.13. The quantitative estimate of drug-likeness (QED) is 0.404. The van der Waals surface area contributed by atoms with Crippen molar-refractivity contribution < 1.29 is 17.9 Å². The number of anilines is 1. The van der Waals surface area contributed by atoms with Crippen molar-refractivity contribution in [2.75, 3.05) is 30.3 Å². The molecule has 1 aliphatic heterocycles. The van der Waals surface area contributed by atoms with E-state index in [0.717, 1.165) is 43.4 Å². The predicted molar refractivity (Wildman–Crippen MR) is 150 cm³/mol. The lowest BCUT2D eigenvalue weighted by Crippen LogP contribution is -2.43. The van der Waals surface area contributed by atoms with E-state index in [9.17, 15) is 13.2 Å². The zero-order chi connectivity index (χ0) is 27.1. The number of likely N-dealkylation sites (tertiary alicyclic amines) is 1. The second kappa shape index (κ2) is 12.9. The summed E-state index contributed by atoms with van der Waals surface area (Å²) in [6, 6.07) is 15.7. The predicted octanol–water partition coefficient (Wildman–Crippen LogP) is 4.74. The van der Waals surface area contributed by atoms with Gasteiger partial charge in [0.15, 0.2) is 0 Å². The van der Waals surface area contributed by atoms with Crippen molar-refractivity contribution in [1.29, 1.82) is 0 Å². The second-order valence-corrected chi connectivity index (χ2v) is 12.5. The lowest BCUT2D eigenvalue weighted by Gasteiger charge is -2.27. The van der Waals surface area contributed by atoms with Gasteiger partial charge in [-0.15, -0.1) is 0 Å². The molecule has 0 radical (unpaired) electrons. The van der Waals surface area contributed by atoms with Gasteiger partial charge in [0.25, 0.3) is 5.91 Å². The Morgan fingerprint density at radius 2 is 1.86 bits per heavy atom. The minimum Gasteiger partial charge on any atom is -0.375 e. The van der Waals surface area contributed by atoms with E-state index in [0.29, 0.717) is 37.2 Å². The standard InChI is InChI=1S/C29H43N3O4S/c1-5-11-26-14-10-16-31(26)28(33)25-17-24(18-27(19-25)32(15-6-2)37(4,34)35)21-36-22-29(3,30)20-23-12-8-7-9-13-23/h7-9,12-13,17-19,26H,5-6,10-11,14-16,20-22,30H2,1-4H3. The van der Waals surface area contributed by atoms with Crippen molar-refractivity contribution in [3.8, 4) is 0 Å². The van der Waals surface area contributed by atoms with Gasteiger partial charge >= 0.3 is 0 Å². The maximum absolute atomic E-state index is 13.6. The van der Waals surface area contributed by atoms with Gasteiger partial charge in [-0.1, -0.05) is 50.6 Å². The molecule has 2 unspecified atom stereocenters. The van der Waals surface area contributed by atoms with Crippen molar-refractivity contribution >= 4 is 21.6 Å². The highest BCUT2D eigenvalue weighted by atomic mass is 32.2. The molecule has 0 aromatic heterocycles. The van der Waals surface area contributed by atoms with E-state index in [1.807, 2.05) is 61.2 Å². The molecule has 0 bridgehead atoms. The van der Waals surface area contributed by atoms with E-state index in [1.165, 1.54) is 10.6 Å². The van der Waals surface area contributed by atoms with Crippen LogP contribution in [-0.2, 0) is 27.8 Å². The summed E-state index contributed by atoms with van der Waals surface area (Å²) in [4.78, 5) is 15.6. The lowest BCUT2D eigenvalue weighted by molar-refractivity contribution is 0.0725. The molecule has 1 fully saturated rings. The fourth-order valence-corrected chi connectivity index (χ4v) is 6.13. The van der Waals surface area contributed by atoms with Crippen LogP contribution in [0.2, 0.25) is 0 Å². The number of nitrogens with zero attached hydrogens (tertiary/aromatic N) is 2. The topological polar surface area (TPSA) is 92.9 Å². The van der Waals surface area contributed by atoms with Gasteiger partial charge in [0.05, 0.1) is 25.2 Å². The van der Waals surface area contributed by atoms with Crippen LogP contribution >= 0.6 is 0 Å². The Hall–Kier alpha value is -2.42. The minimum absolute atomic E-state index is 0.0447. The van der Waals surface area contributed by atoms with Crippen molar-refractivity contribution in [2.24, 2.45) is 5.73 Å². The van der Waals surface area contributed by atoms with Crippen molar-refractivity contribution in [3.05, 3.63) is 65.2 Å². The summed E-state index contributed by atoms with van der Waals surface area (Å²) in [6.45, 7) is 7.66. The molecular weight excluding hydrogens is 486 g/mol. The van der Waals surface area contributed by atoms with Gasteiger partial charge in [-0.2, -0.15) is 0 Å². The van der Waals surface area contributed by atoms with Crippen LogP contribution in [0, 0.1) is 0 Å². The second-order valence-electron chi connectivity index (χ2n) is 10.6. The first-order valence-corrected chi connectivity index (χ1v) is 15.2. The molecule has 1 aliphatic rings. The van der Waals surface area contributed by atoms with E-state index in [1.54, 1.807) is 6.07 Å². The molecule has 2 aromatic carbocycles. The third kappa shape index (κ3) is 8.28. The molecule has 2 N–H and O–H groups in total. The fraction of sp³-hybridized carbons (Fsp3) is 0.552. The van der Waals surface area contributed by atoms with Crippen molar-refractivity contribution in [1.82, 2.24) is 4.90 Å². The first-order valence-electron chi connectivity index (χ1n) is 13.4. The SMILES string of the molecule is CCCC1CCCN1C(=O)c1cc(COCC(C)(N)Cc2ccccc2)cc(N(CCC)S(C)(=O)=O)c1. The van der Waals surface area contributed by atoms with Crippen LogP contribution in [-0.4, -0.2) is 56.8 Å². The Labute approximate surface area is 223 Å². The zero-order valence-electron chi connectivity index (χ0n) is 22.8. The van der Waals surface area contributed by atoms with Crippen molar-refractivity contribution in [2.45, 2.75) is 77.5 Å². The Kier molecular flexibility index (Phi) is 10.2. The van der Waals surface area contributed by atoms with Gasteiger partial charge < -0.3 is 15.4 Å². The molecule has 1 heterocycles. The van der Waals surface area contributed by atoms with Crippen LogP contribution in [0.4, 0.5) is 5.69 Å². The number of nitrogens with two attached hydrogens (primary N) is 1. The van der Waals surface area contributed by atoms with Gasteiger partial charge in [0, 0.05) is 30.2 Å². The minimum atomic E-state index is -3.51. The van der Waals surface area contributed by atoms with Gasteiger partial charge in [0.1, 0.15) is 0 Å². The number of hydrogen-bond donors (Lipinski definition) is 1. The number of carbonyl (C=O) groups excluding carboxylic acids is 1. The highest BCUT2D eigenvalue weighted by Crippen LogP contribution is 2.28. The number of hydrogen-bond acceptors (Lipinski definition) is 5. The average molecular weight is 530 g/mol. The van der Waals surface area contributed by atoms with Crippen LogP contribution in [0.25, 0.3) is 0 Å². The summed E-state index contributed by atoms with van der Waals surface area (Å²) in [6.07, 6.45) is 6.53. The highest BCUT2D eigenvalue weighted by Gasteiger charge is 2.30. The molecule has 8 heteroatoms. The van der Waals surface area contributed by atoms with Gasteiger partial charge in [-0.3, -0.25) is 9.10 Å². The molecule has 1 saturated heterocycles. The number of amides is 1. The summed E-state index contributed by atoms with van der Waals surface area (Å²) in [5.41, 5.74) is 8.85. The average Bonchev–Trinajstić information content (AvgIpc) is 3.30. The molecule has 3 rings (SSSR count). The highest BCUT2D eigenvalue weighted by molar-refractivity contribution is 7.92. The molecule has 2 atom stereocenters. The molecule has 0 aliphatic carbocycles. The zero-order valence-corrected chi connectivity index (χ0v) is 23.6. The largest absolute Gasteiger partial charge is 0.375 e. The maximum Gasteiger partial charge on any atom is 0.254 e. The Morgan fingerprint density at radius 1 is 1.14 bits per heavy atom. The van der Waals surface area contributed by atoms with Crippen molar-refractivity contribution in [3.63, 3.8) is 0 Å².